The highest BCUT2D eigenvalue weighted by Crippen LogP contribution is 2.31. The fourth-order valence-corrected chi connectivity index (χ4v) is 1.16. The molecule has 1 aromatic rings. The first kappa shape index (κ1) is 13.6. The largest absolute Gasteiger partial charge is 0.433 e. The monoisotopic (exact) mass is 247 g/mol. The number of pyridine rings is 1. The number of alkyl halides is 3. The van der Waals surface area contributed by atoms with Gasteiger partial charge in [0.15, 0.2) is 0 Å². The van der Waals surface area contributed by atoms with E-state index < -0.39 is 11.9 Å². The number of hydrogen-bond donors (Lipinski definition) is 2. The summed E-state index contributed by atoms with van der Waals surface area (Å²) in [5.41, 5.74) is 5.13. The van der Waals surface area contributed by atoms with E-state index >= 15 is 0 Å². The highest BCUT2D eigenvalue weighted by Gasteiger charge is 2.33. The standard InChI is InChI=1S/C11H16F3N3/c1-6(2)7(3)17-9-4-10(11(12,13)14)16-5-8(9)15/h4-7H,15H2,1-3H3,(H,16,17). The van der Waals surface area contributed by atoms with Crippen LogP contribution in [0.1, 0.15) is 26.5 Å². The average molecular weight is 247 g/mol. The van der Waals surface area contributed by atoms with Gasteiger partial charge in [0.25, 0.3) is 0 Å². The molecule has 6 heteroatoms. The number of halogens is 3. The summed E-state index contributed by atoms with van der Waals surface area (Å²) in [4.78, 5) is 3.27. The number of nitrogens with one attached hydrogen (secondary N) is 1. The van der Waals surface area contributed by atoms with Crippen molar-refractivity contribution in [2.75, 3.05) is 11.1 Å². The van der Waals surface area contributed by atoms with Crippen molar-refractivity contribution in [2.24, 2.45) is 5.92 Å². The molecule has 0 bridgehead atoms. The number of hydrogen-bond acceptors (Lipinski definition) is 3. The van der Waals surface area contributed by atoms with Crippen LogP contribution in [-0.2, 0) is 6.18 Å². The lowest BCUT2D eigenvalue weighted by Gasteiger charge is -2.20. The summed E-state index contributed by atoms with van der Waals surface area (Å²) in [5, 5.41) is 2.96. The highest BCUT2D eigenvalue weighted by molar-refractivity contribution is 5.65. The quantitative estimate of drug-likeness (QED) is 0.862. The third-order valence-electron chi connectivity index (χ3n) is 2.61. The molecule has 0 saturated heterocycles. The van der Waals surface area contributed by atoms with Crippen molar-refractivity contribution in [1.82, 2.24) is 4.98 Å². The van der Waals surface area contributed by atoms with Crippen molar-refractivity contribution in [1.29, 1.82) is 0 Å². The first-order chi connectivity index (χ1) is 7.71. The second kappa shape index (κ2) is 4.81. The van der Waals surface area contributed by atoms with E-state index in [9.17, 15) is 13.2 Å². The second-order valence-electron chi connectivity index (χ2n) is 4.33. The number of nitrogen functional groups attached to an aromatic ring is 1. The fraction of sp³-hybridized carbons (Fsp3) is 0.545. The van der Waals surface area contributed by atoms with Gasteiger partial charge in [-0.15, -0.1) is 0 Å². The lowest BCUT2D eigenvalue weighted by molar-refractivity contribution is -0.141. The molecule has 0 radical (unpaired) electrons. The van der Waals surface area contributed by atoms with Crippen LogP contribution in [0.2, 0.25) is 0 Å². The van der Waals surface area contributed by atoms with Crippen LogP contribution in [0, 0.1) is 5.92 Å². The van der Waals surface area contributed by atoms with Crippen LogP contribution in [0.3, 0.4) is 0 Å². The van der Waals surface area contributed by atoms with Crippen LogP contribution in [0.4, 0.5) is 24.5 Å². The van der Waals surface area contributed by atoms with Crippen LogP contribution in [0.5, 0.6) is 0 Å². The molecular weight excluding hydrogens is 231 g/mol. The molecule has 3 nitrogen and oxygen atoms in total. The first-order valence-corrected chi connectivity index (χ1v) is 5.31. The van der Waals surface area contributed by atoms with Crippen molar-refractivity contribution in [3.8, 4) is 0 Å². The Bertz CT molecular complexity index is 388. The third kappa shape index (κ3) is 3.51. The van der Waals surface area contributed by atoms with E-state index in [0.717, 1.165) is 12.3 Å². The Morgan fingerprint density at radius 3 is 2.35 bits per heavy atom. The predicted octanol–water partition coefficient (Wildman–Crippen LogP) is 3.14. The summed E-state index contributed by atoms with van der Waals surface area (Å²) in [7, 11) is 0. The average Bonchev–Trinajstić information content (AvgIpc) is 2.19. The molecule has 17 heavy (non-hydrogen) atoms. The minimum Gasteiger partial charge on any atom is -0.396 e. The summed E-state index contributed by atoms with van der Waals surface area (Å²) >= 11 is 0. The zero-order valence-corrected chi connectivity index (χ0v) is 9.97. The van der Waals surface area contributed by atoms with Gasteiger partial charge in [-0.25, -0.2) is 4.98 Å². The van der Waals surface area contributed by atoms with Gasteiger partial charge in [0.05, 0.1) is 17.6 Å². The minimum atomic E-state index is -4.45. The molecule has 1 unspecified atom stereocenters. The Morgan fingerprint density at radius 2 is 1.88 bits per heavy atom. The fourth-order valence-electron chi connectivity index (χ4n) is 1.16. The van der Waals surface area contributed by atoms with E-state index in [-0.39, 0.29) is 23.3 Å². The first-order valence-electron chi connectivity index (χ1n) is 5.31. The molecular formula is C11H16F3N3. The summed E-state index contributed by atoms with van der Waals surface area (Å²) in [5.74, 6) is 0.289. The number of anilines is 2. The lowest BCUT2D eigenvalue weighted by Crippen LogP contribution is -2.22. The zero-order valence-electron chi connectivity index (χ0n) is 9.97. The lowest BCUT2D eigenvalue weighted by atomic mass is 10.1. The van der Waals surface area contributed by atoms with Crippen molar-refractivity contribution in [3.63, 3.8) is 0 Å². The molecule has 0 saturated carbocycles. The highest BCUT2D eigenvalue weighted by atomic mass is 19.4. The van der Waals surface area contributed by atoms with Gasteiger partial charge in [0.1, 0.15) is 5.69 Å². The molecule has 0 aliphatic rings. The van der Waals surface area contributed by atoms with Gasteiger partial charge < -0.3 is 11.1 Å². The van der Waals surface area contributed by atoms with Crippen LogP contribution in [0.25, 0.3) is 0 Å². The van der Waals surface area contributed by atoms with E-state index in [0.29, 0.717) is 0 Å². The van der Waals surface area contributed by atoms with Crippen LogP contribution in [-0.4, -0.2) is 11.0 Å². The van der Waals surface area contributed by atoms with E-state index in [2.05, 4.69) is 10.3 Å². The van der Waals surface area contributed by atoms with Gasteiger partial charge >= 0.3 is 6.18 Å². The Labute approximate surface area is 98.2 Å². The molecule has 0 aromatic carbocycles. The van der Waals surface area contributed by atoms with Crippen molar-refractivity contribution in [2.45, 2.75) is 33.0 Å². The summed E-state index contributed by atoms with van der Waals surface area (Å²) in [6.45, 7) is 5.83. The van der Waals surface area contributed by atoms with Gasteiger partial charge in [-0.2, -0.15) is 13.2 Å². The molecule has 0 aliphatic carbocycles. The Morgan fingerprint density at radius 1 is 1.29 bits per heavy atom. The maximum absolute atomic E-state index is 12.5. The Kier molecular flexibility index (Phi) is 3.85. The predicted molar refractivity (Wildman–Crippen MR) is 61.6 cm³/mol. The van der Waals surface area contributed by atoms with Gasteiger partial charge in [-0.05, 0) is 18.9 Å². The molecule has 96 valence electrons. The zero-order chi connectivity index (χ0) is 13.2. The van der Waals surface area contributed by atoms with Crippen molar-refractivity contribution < 1.29 is 13.2 Å². The van der Waals surface area contributed by atoms with Gasteiger partial charge in [0, 0.05) is 6.04 Å². The summed E-state index contributed by atoms with van der Waals surface area (Å²) < 4.78 is 37.4. The minimum absolute atomic E-state index is 0.0285. The van der Waals surface area contributed by atoms with Gasteiger partial charge in [-0.1, -0.05) is 13.8 Å². The van der Waals surface area contributed by atoms with Gasteiger partial charge in [-0.3, -0.25) is 0 Å². The van der Waals surface area contributed by atoms with Crippen LogP contribution >= 0.6 is 0 Å². The summed E-state index contributed by atoms with van der Waals surface area (Å²) in [6.07, 6.45) is -3.43. The van der Waals surface area contributed by atoms with E-state index in [1.165, 1.54) is 0 Å². The Balaban J connectivity index is 2.99. The smallest absolute Gasteiger partial charge is 0.396 e. The van der Waals surface area contributed by atoms with Crippen LogP contribution in [0.15, 0.2) is 12.3 Å². The third-order valence-corrected chi connectivity index (χ3v) is 2.61. The molecule has 0 aliphatic heterocycles. The van der Waals surface area contributed by atoms with Gasteiger partial charge in [0.2, 0.25) is 0 Å². The van der Waals surface area contributed by atoms with E-state index in [1.807, 2.05) is 20.8 Å². The molecule has 1 heterocycles. The maximum Gasteiger partial charge on any atom is 0.433 e. The number of aromatic nitrogens is 1. The van der Waals surface area contributed by atoms with E-state index in [1.54, 1.807) is 0 Å². The second-order valence-corrected chi connectivity index (χ2v) is 4.33. The molecule has 0 spiro atoms. The normalized spacial score (nSPS) is 13.8. The summed E-state index contributed by atoms with van der Waals surface area (Å²) in [6, 6.07) is 0.967. The van der Waals surface area contributed by atoms with Crippen molar-refractivity contribution >= 4 is 11.4 Å². The maximum atomic E-state index is 12.5. The molecule has 0 amide bonds. The molecule has 1 atom stereocenters. The number of nitrogens with two attached hydrogens (primary N) is 1. The Hall–Kier alpha value is -1.46. The number of nitrogens with zero attached hydrogens (tertiary/aromatic N) is 1. The van der Waals surface area contributed by atoms with E-state index in [4.69, 9.17) is 5.73 Å². The topological polar surface area (TPSA) is 50.9 Å². The number of rotatable bonds is 3. The molecule has 3 N–H and O–H groups in total. The SMILES string of the molecule is CC(C)C(C)Nc1cc(C(F)(F)F)ncc1N. The molecule has 1 rings (SSSR count). The molecule has 0 fully saturated rings. The van der Waals surface area contributed by atoms with Crippen molar-refractivity contribution in [3.05, 3.63) is 18.0 Å². The molecule has 1 aromatic heterocycles. The van der Waals surface area contributed by atoms with Crippen LogP contribution < -0.4 is 11.1 Å².